The van der Waals surface area contributed by atoms with Gasteiger partial charge >= 0.3 is 18.4 Å². The van der Waals surface area contributed by atoms with Crippen molar-refractivity contribution in [2.75, 3.05) is 0 Å². The lowest BCUT2D eigenvalue weighted by molar-refractivity contribution is -0.376. The second-order valence-corrected chi connectivity index (χ2v) is 9.47. The van der Waals surface area contributed by atoms with E-state index in [4.69, 9.17) is 4.74 Å². The van der Waals surface area contributed by atoms with E-state index < -0.39 is 35.1 Å². The van der Waals surface area contributed by atoms with E-state index in [1.54, 1.807) is 6.92 Å². The molecule has 0 radical (unpaired) electrons. The van der Waals surface area contributed by atoms with Gasteiger partial charge in [0.2, 0.25) is 0 Å². The van der Waals surface area contributed by atoms with Crippen LogP contribution in [0.3, 0.4) is 0 Å². The van der Waals surface area contributed by atoms with E-state index in [0.29, 0.717) is 37.1 Å². The molecule has 1 aromatic heterocycles. The Morgan fingerprint density at radius 1 is 1.05 bits per heavy atom. The molecule has 2 fully saturated rings. The summed E-state index contributed by atoms with van der Waals surface area (Å²) in [7, 11) is 0. The first kappa shape index (κ1) is 27.7. The number of ether oxygens (including phenoxy) is 1. The molecule has 206 valence electrons. The Labute approximate surface area is 213 Å². The lowest BCUT2D eigenvalue weighted by atomic mass is 9.90. The zero-order valence-electron chi connectivity index (χ0n) is 20.2. The third-order valence-electron chi connectivity index (χ3n) is 6.86. The fraction of sp³-hybridized carbons (Fsp3) is 0.480. The van der Waals surface area contributed by atoms with Gasteiger partial charge in [-0.1, -0.05) is 32.3 Å². The minimum atomic E-state index is -6.01. The molecule has 2 N–H and O–H groups in total. The number of rotatable bonds is 7. The number of benzene rings is 1. The Bertz CT molecular complexity index is 1210. The van der Waals surface area contributed by atoms with Crippen LogP contribution in [0.1, 0.15) is 55.8 Å². The molecule has 1 saturated heterocycles. The van der Waals surface area contributed by atoms with Gasteiger partial charge in [-0.25, -0.2) is 4.79 Å². The largest absolute Gasteiger partial charge is 0.457 e. The predicted octanol–water partition coefficient (Wildman–Crippen LogP) is 5.50. The van der Waals surface area contributed by atoms with Crippen LogP contribution >= 0.6 is 0 Å². The number of aryl methyl sites for hydroxylation is 1. The molecule has 1 aliphatic carbocycles. The van der Waals surface area contributed by atoms with Gasteiger partial charge in [0, 0.05) is 17.8 Å². The van der Waals surface area contributed by atoms with Crippen molar-refractivity contribution < 1.29 is 45.8 Å². The molecule has 7 nitrogen and oxygen atoms in total. The van der Waals surface area contributed by atoms with Crippen molar-refractivity contribution in [1.29, 1.82) is 0 Å². The van der Waals surface area contributed by atoms with Crippen molar-refractivity contribution in [2.45, 2.75) is 75.5 Å². The molecule has 2 heterocycles. The van der Waals surface area contributed by atoms with Crippen molar-refractivity contribution in [2.24, 2.45) is 0 Å². The number of nitrogens with zero attached hydrogens (tertiary/aromatic N) is 2. The average molecular weight is 545 g/mol. The van der Waals surface area contributed by atoms with Crippen molar-refractivity contribution in [3.05, 3.63) is 53.3 Å². The number of nitrogens with one attached hydrogen (secondary N) is 1. The third kappa shape index (κ3) is 4.79. The molecule has 2 aliphatic rings. The summed E-state index contributed by atoms with van der Waals surface area (Å²) in [6.45, 7) is 1.53. The fourth-order valence-corrected chi connectivity index (χ4v) is 4.89. The highest BCUT2D eigenvalue weighted by Crippen LogP contribution is 2.50. The summed E-state index contributed by atoms with van der Waals surface area (Å²) in [4.78, 5) is 30.6. The fourth-order valence-electron chi connectivity index (χ4n) is 4.89. The highest BCUT2D eigenvalue weighted by molar-refractivity contribution is 6.07. The van der Waals surface area contributed by atoms with Gasteiger partial charge in [-0.15, -0.1) is 0 Å². The van der Waals surface area contributed by atoms with Crippen LogP contribution < -0.4 is 10.1 Å². The number of urea groups is 1. The monoisotopic (exact) mass is 545 g/mol. The highest BCUT2D eigenvalue weighted by atomic mass is 19.4. The van der Waals surface area contributed by atoms with E-state index in [1.165, 1.54) is 18.3 Å². The van der Waals surface area contributed by atoms with Crippen molar-refractivity contribution in [3.8, 4) is 11.5 Å². The third-order valence-corrected chi connectivity index (χ3v) is 6.86. The number of halogens is 6. The number of imide groups is 1. The summed E-state index contributed by atoms with van der Waals surface area (Å²) in [5.41, 5.74) is -7.00. The number of aromatic nitrogens is 1. The molecule has 0 atom stereocenters. The maximum atomic E-state index is 13.3. The van der Waals surface area contributed by atoms with Gasteiger partial charge in [0.05, 0.1) is 12.2 Å². The maximum Gasteiger partial charge on any atom is 0.430 e. The summed E-state index contributed by atoms with van der Waals surface area (Å²) in [5, 5.41) is 12.5. The zero-order chi connectivity index (χ0) is 27.9. The van der Waals surface area contributed by atoms with Crippen molar-refractivity contribution in [1.82, 2.24) is 15.2 Å². The first-order chi connectivity index (χ1) is 17.7. The molecule has 1 aromatic carbocycles. The van der Waals surface area contributed by atoms with Gasteiger partial charge in [-0.3, -0.25) is 14.7 Å². The second kappa shape index (κ2) is 9.75. The number of aliphatic hydroxyl groups is 1. The predicted molar refractivity (Wildman–Crippen MR) is 121 cm³/mol. The van der Waals surface area contributed by atoms with Crippen LogP contribution in [0.4, 0.5) is 31.1 Å². The molecular formula is C25H25F6N3O4. The SMILES string of the molecule is CCCc1cc(C(O)(C(F)(F)F)C(F)(F)F)ccc1Oc1ccnc(CN2C(=O)NC3(CCCC3)C2=O)c1. The minimum absolute atomic E-state index is 0.0145. The average Bonchev–Trinajstić information content (AvgIpc) is 3.39. The van der Waals surface area contributed by atoms with Crippen LogP contribution in [0.25, 0.3) is 0 Å². The van der Waals surface area contributed by atoms with E-state index in [-0.39, 0.29) is 35.9 Å². The molecule has 1 aliphatic heterocycles. The highest BCUT2D eigenvalue weighted by Gasteiger charge is 2.71. The Morgan fingerprint density at radius 3 is 2.32 bits per heavy atom. The molecular weight excluding hydrogens is 520 g/mol. The van der Waals surface area contributed by atoms with Gasteiger partial charge < -0.3 is 15.2 Å². The van der Waals surface area contributed by atoms with Crippen LogP contribution in [-0.2, 0) is 23.4 Å². The number of hydrogen-bond acceptors (Lipinski definition) is 5. The van der Waals surface area contributed by atoms with E-state index >= 15 is 0 Å². The summed E-state index contributed by atoms with van der Waals surface area (Å²) in [5.74, 6) is -0.209. The van der Waals surface area contributed by atoms with E-state index in [9.17, 15) is 41.0 Å². The van der Waals surface area contributed by atoms with Crippen molar-refractivity contribution >= 4 is 11.9 Å². The molecule has 1 saturated carbocycles. The first-order valence-electron chi connectivity index (χ1n) is 12.0. The van der Waals surface area contributed by atoms with Gasteiger partial charge in [-0.2, -0.15) is 26.3 Å². The van der Waals surface area contributed by atoms with Crippen LogP contribution in [0.15, 0.2) is 36.5 Å². The number of carbonyl (C=O) groups excluding carboxylic acids is 2. The molecule has 3 amide bonds. The van der Waals surface area contributed by atoms with E-state index in [0.717, 1.165) is 23.8 Å². The molecule has 38 heavy (non-hydrogen) atoms. The van der Waals surface area contributed by atoms with Crippen LogP contribution in [-0.4, -0.2) is 44.8 Å². The van der Waals surface area contributed by atoms with Crippen LogP contribution in [0.5, 0.6) is 11.5 Å². The minimum Gasteiger partial charge on any atom is -0.457 e. The van der Waals surface area contributed by atoms with Gasteiger partial charge in [-0.05, 0) is 43.0 Å². The topological polar surface area (TPSA) is 91.8 Å². The Morgan fingerprint density at radius 2 is 1.71 bits per heavy atom. The molecule has 0 unspecified atom stereocenters. The van der Waals surface area contributed by atoms with E-state index in [2.05, 4.69) is 10.3 Å². The second-order valence-electron chi connectivity index (χ2n) is 9.47. The molecule has 4 rings (SSSR count). The molecule has 2 aromatic rings. The van der Waals surface area contributed by atoms with Crippen molar-refractivity contribution in [3.63, 3.8) is 0 Å². The molecule has 13 heteroatoms. The number of alkyl halides is 6. The zero-order valence-corrected chi connectivity index (χ0v) is 20.2. The first-order valence-corrected chi connectivity index (χ1v) is 12.0. The lowest BCUT2D eigenvalue weighted by Crippen LogP contribution is -2.53. The van der Waals surface area contributed by atoms with Gasteiger partial charge in [0.1, 0.15) is 17.0 Å². The Kier molecular flexibility index (Phi) is 7.10. The van der Waals surface area contributed by atoms with Gasteiger partial charge in [0.25, 0.3) is 11.5 Å². The maximum absolute atomic E-state index is 13.3. The summed E-state index contributed by atoms with van der Waals surface area (Å²) in [6.07, 6.45) is -7.48. The normalized spacial score (nSPS) is 17.8. The van der Waals surface area contributed by atoms with Crippen LogP contribution in [0, 0.1) is 0 Å². The number of amides is 3. The standard InChI is InChI=1S/C25H25F6N3O4/c1-2-5-15-12-16(23(37,24(26,27)28)25(29,30)31)6-7-19(15)38-18-8-11-32-17(13-18)14-34-20(35)22(33-21(34)36)9-3-4-10-22/h6-8,11-13,37H,2-5,9-10,14H2,1H3,(H,33,36). The summed E-state index contributed by atoms with van der Waals surface area (Å²) >= 11 is 0. The Hall–Kier alpha value is -3.35. The molecule has 1 spiro atoms. The lowest BCUT2D eigenvalue weighted by Gasteiger charge is -2.33. The van der Waals surface area contributed by atoms with Gasteiger partial charge in [0.15, 0.2) is 0 Å². The van der Waals surface area contributed by atoms with Crippen LogP contribution in [0.2, 0.25) is 0 Å². The number of carbonyl (C=O) groups is 2. The summed E-state index contributed by atoms with van der Waals surface area (Å²) < 4.78 is 85.9. The quantitative estimate of drug-likeness (QED) is 0.354. The summed E-state index contributed by atoms with van der Waals surface area (Å²) in [6, 6.07) is 4.39. The van der Waals surface area contributed by atoms with E-state index in [1.807, 2.05) is 0 Å². The number of hydrogen-bond donors (Lipinski definition) is 2. The molecule has 0 bridgehead atoms. The smallest absolute Gasteiger partial charge is 0.430 e. The Balaban J connectivity index is 1.59. The number of pyridine rings is 1.